The van der Waals surface area contributed by atoms with Crippen LogP contribution in [0.2, 0.25) is 0 Å². The number of ether oxygens (including phenoxy) is 1. The number of hydrogen-bond donors (Lipinski definition) is 3. The molecule has 3 aliphatic rings. The first-order valence-corrected chi connectivity index (χ1v) is 13.0. The topological polar surface area (TPSA) is 108 Å². The van der Waals surface area contributed by atoms with Crippen molar-refractivity contribution in [1.29, 1.82) is 0 Å². The summed E-state index contributed by atoms with van der Waals surface area (Å²) in [4.78, 5) is 42.4. The van der Waals surface area contributed by atoms with Gasteiger partial charge in [0.05, 0.1) is 17.4 Å². The first-order chi connectivity index (χ1) is 15.8. The molecule has 8 nitrogen and oxygen atoms in total. The molecule has 1 spiro atoms. The molecule has 6 atom stereocenters. The number of carbonyl (C=O) groups is 3. The summed E-state index contributed by atoms with van der Waals surface area (Å²) >= 11 is 0. The summed E-state index contributed by atoms with van der Waals surface area (Å²) in [6.07, 6.45) is 6.72. The molecule has 3 rings (SSSR count). The Morgan fingerprint density at radius 1 is 1.15 bits per heavy atom. The summed E-state index contributed by atoms with van der Waals surface area (Å²) < 4.78 is 6.71. The Bertz CT molecular complexity index is 731. The summed E-state index contributed by atoms with van der Waals surface area (Å²) in [5.74, 6) is -1.62. The van der Waals surface area contributed by atoms with E-state index in [1.54, 1.807) is 4.90 Å². The Morgan fingerprint density at radius 2 is 1.91 bits per heavy atom. The summed E-state index contributed by atoms with van der Waals surface area (Å²) in [5, 5.41) is 15.2. The minimum absolute atomic E-state index is 0.00618. The lowest BCUT2D eigenvalue weighted by molar-refractivity contribution is -0.148. The Morgan fingerprint density at radius 3 is 2.55 bits per heavy atom. The minimum Gasteiger partial charge on any atom is -0.396 e. The Hall–Kier alpha value is -1.67. The molecule has 3 N–H and O–H groups in total. The van der Waals surface area contributed by atoms with Crippen LogP contribution in [-0.2, 0) is 19.1 Å². The highest BCUT2D eigenvalue weighted by molar-refractivity contribution is 5.99. The van der Waals surface area contributed by atoms with Crippen LogP contribution in [0.25, 0.3) is 0 Å². The van der Waals surface area contributed by atoms with Crippen LogP contribution in [0, 0.1) is 11.8 Å². The lowest BCUT2D eigenvalue weighted by Gasteiger charge is -2.34. The van der Waals surface area contributed by atoms with Gasteiger partial charge < -0.3 is 25.4 Å². The summed E-state index contributed by atoms with van der Waals surface area (Å²) in [6.45, 7) is 9.18. The van der Waals surface area contributed by atoms with Gasteiger partial charge in [-0.2, -0.15) is 0 Å². The molecule has 188 valence electrons. The number of amides is 3. The fourth-order valence-electron chi connectivity index (χ4n) is 6.41. The molecule has 0 aromatic heterocycles. The minimum atomic E-state index is -0.950. The van der Waals surface area contributed by atoms with Gasteiger partial charge in [-0.05, 0) is 58.3 Å². The van der Waals surface area contributed by atoms with Gasteiger partial charge in [0.1, 0.15) is 11.6 Å². The number of aliphatic hydroxyl groups is 1. The number of rotatable bonds is 13. The summed E-state index contributed by atoms with van der Waals surface area (Å²) in [5.41, 5.74) is -1.64. The molecule has 0 radical (unpaired) electrons. The van der Waals surface area contributed by atoms with E-state index in [9.17, 15) is 14.4 Å². The normalized spacial score (nSPS) is 33.3. The van der Waals surface area contributed by atoms with E-state index < -0.39 is 29.1 Å². The molecule has 0 saturated carbocycles. The summed E-state index contributed by atoms with van der Waals surface area (Å²) in [6, 6.07) is -0.715. The number of hydrogen-bond acceptors (Lipinski definition) is 5. The van der Waals surface area contributed by atoms with E-state index in [1.165, 1.54) is 0 Å². The third kappa shape index (κ3) is 4.53. The highest BCUT2D eigenvalue weighted by Gasteiger charge is 2.78. The molecule has 3 fully saturated rings. The van der Waals surface area contributed by atoms with E-state index in [0.717, 1.165) is 25.7 Å². The predicted molar refractivity (Wildman–Crippen MR) is 125 cm³/mol. The van der Waals surface area contributed by atoms with Crippen LogP contribution in [0.15, 0.2) is 0 Å². The van der Waals surface area contributed by atoms with E-state index in [1.807, 2.05) is 20.8 Å². The van der Waals surface area contributed by atoms with Crippen molar-refractivity contribution in [2.75, 3.05) is 19.7 Å². The highest BCUT2D eigenvalue weighted by atomic mass is 16.5. The van der Waals surface area contributed by atoms with Gasteiger partial charge in [0.15, 0.2) is 0 Å². The second-order valence-corrected chi connectivity index (χ2v) is 10.1. The van der Waals surface area contributed by atoms with Crippen LogP contribution >= 0.6 is 0 Å². The van der Waals surface area contributed by atoms with Crippen LogP contribution in [0.4, 0.5) is 0 Å². The number of aliphatic hydroxyl groups excluding tert-OH is 1. The van der Waals surface area contributed by atoms with Gasteiger partial charge in [-0.25, -0.2) is 0 Å². The largest absolute Gasteiger partial charge is 0.396 e. The molecule has 33 heavy (non-hydrogen) atoms. The molecule has 0 aromatic carbocycles. The van der Waals surface area contributed by atoms with Crippen molar-refractivity contribution in [2.45, 2.75) is 109 Å². The maximum Gasteiger partial charge on any atom is 0.246 e. The second-order valence-electron chi connectivity index (χ2n) is 10.1. The average Bonchev–Trinajstić information content (AvgIpc) is 3.39. The van der Waals surface area contributed by atoms with Crippen molar-refractivity contribution in [2.24, 2.45) is 11.8 Å². The maximum absolute atomic E-state index is 13.8. The van der Waals surface area contributed by atoms with E-state index in [4.69, 9.17) is 9.84 Å². The molecular formula is C25H43N3O5. The van der Waals surface area contributed by atoms with Gasteiger partial charge in [-0.1, -0.05) is 27.2 Å². The number of likely N-dealkylation sites (tertiary alicyclic amines) is 1. The lowest BCUT2D eigenvalue weighted by Crippen LogP contribution is -2.56. The maximum atomic E-state index is 13.8. The van der Waals surface area contributed by atoms with Crippen LogP contribution in [0.5, 0.6) is 0 Å². The second kappa shape index (κ2) is 10.7. The number of nitrogens with zero attached hydrogens (tertiary/aromatic N) is 1. The molecule has 3 unspecified atom stereocenters. The zero-order valence-corrected chi connectivity index (χ0v) is 20.8. The van der Waals surface area contributed by atoms with Crippen molar-refractivity contribution < 1.29 is 24.2 Å². The van der Waals surface area contributed by atoms with Crippen molar-refractivity contribution in [3.63, 3.8) is 0 Å². The molecule has 3 saturated heterocycles. The first kappa shape index (κ1) is 25.9. The highest BCUT2D eigenvalue weighted by Crippen LogP contribution is 2.64. The summed E-state index contributed by atoms with van der Waals surface area (Å²) in [7, 11) is 0. The zero-order valence-electron chi connectivity index (χ0n) is 20.8. The van der Waals surface area contributed by atoms with Gasteiger partial charge in [0, 0.05) is 25.7 Å². The van der Waals surface area contributed by atoms with E-state index in [-0.39, 0.29) is 30.4 Å². The average molecular weight is 466 g/mol. The first-order valence-electron chi connectivity index (χ1n) is 13.0. The fraction of sp³-hybridized carbons (Fsp3) is 0.880. The number of fused-ring (bicyclic) bond motifs is 1. The van der Waals surface area contributed by atoms with Gasteiger partial charge >= 0.3 is 0 Å². The molecule has 8 heteroatoms. The molecular weight excluding hydrogens is 422 g/mol. The van der Waals surface area contributed by atoms with E-state index in [0.29, 0.717) is 45.2 Å². The van der Waals surface area contributed by atoms with Crippen LogP contribution in [0.3, 0.4) is 0 Å². The van der Waals surface area contributed by atoms with Crippen LogP contribution in [0.1, 0.15) is 85.5 Å². The quantitative estimate of drug-likeness (QED) is 0.361. The van der Waals surface area contributed by atoms with Gasteiger partial charge in [0.25, 0.3) is 0 Å². The van der Waals surface area contributed by atoms with Crippen molar-refractivity contribution in [3.8, 4) is 0 Å². The monoisotopic (exact) mass is 465 g/mol. The third-order valence-electron chi connectivity index (χ3n) is 7.93. The van der Waals surface area contributed by atoms with Gasteiger partial charge in [-0.3, -0.25) is 14.4 Å². The molecule has 3 amide bonds. The van der Waals surface area contributed by atoms with Crippen molar-refractivity contribution in [1.82, 2.24) is 15.5 Å². The number of carbonyl (C=O) groups excluding carboxylic acids is 3. The number of nitrogens with one attached hydrogen (secondary N) is 2. The Labute approximate surface area is 198 Å². The fourth-order valence-corrected chi connectivity index (χ4v) is 6.41. The lowest BCUT2D eigenvalue weighted by atomic mass is 9.65. The molecule has 3 aliphatic heterocycles. The van der Waals surface area contributed by atoms with E-state index >= 15 is 0 Å². The van der Waals surface area contributed by atoms with E-state index in [2.05, 4.69) is 17.6 Å². The SMILES string of the molecule is CCCNC(=O)[C@H]1[C@H]2C(=O)N(CCCCCO)C(C(=O)NC(C)CCC)C23CC[C@]1(CC)O3. The van der Waals surface area contributed by atoms with Gasteiger partial charge in [-0.15, -0.1) is 0 Å². The smallest absolute Gasteiger partial charge is 0.246 e. The Balaban J connectivity index is 1.95. The predicted octanol–water partition coefficient (Wildman–Crippen LogP) is 2.13. The standard InChI is InChI=1S/C25H43N3O5/c1-5-11-17(4)27-22(31)20-25-13-12-24(7-3,33-25)18(21(30)26-14-6-2)19(25)23(32)28(20)15-9-8-10-16-29/h17-20,29H,5-16H2,1-4H3,(H,26,30)(H,27,31)/t17?,18-,19+,20?,24+,25?/m1/s1. The van der Waals surface area contributed by atoms with Gasteiger partial charge in [0.2, 0.25) is 17.7 Å². The molecule has 3 heterocycles. The van der Waals surface area contributed by atoms with Crippen LogP contribution in [-0.4, -0.2) is 70.7 Å². The number of unbranched alkanes of at least 4 members (excludes halogenated alkanes) is 2. The van der Waals surface area contributed by atoms with Crippen LogP contribution < -0.4 is 10.6 Å². The van der Waals surface area contributed by atoms with Crippen molar-refractivity contribution in [3.05, 3.63) is 0 Å². The molecule has 0 aromatic rings. The zero-order chi connectivity index (χ0) is 24.2. The molecule has 2 bridgehead atoms. The molecule has 0 aliphatic carbocycles. The third-order valence-corrected chi connectivity index (χ3v) is 7.93. The Kier molecular flexibility index (Phi) is 8.43. The van der Waals surface area contributed by atoms with Crippen molar-refractivity contribution >= 4 is 17.7 Å².